The van der Waals surface area contributed by atoms with Gasteiger partial charge < -0.3 is 5.32 Å². The van der Waals surface area contributed by atoms with E-state index in [2.05, 4.69) is 20.5 Å². The first-order valence-corrected chi connectivity index (χ1v) is 6.86. The first-order valence-electron chi connectivity index (χ1n) is 6.48. The Morgan fingerprint density at radius 2 is 2.20 bits per heavy atom. The highest BCUT2D eigenvalue weighted by Crippen LogP contribution is 2.16. The lowest BCUT2D eigenvalue weighted by molar-refractivity contribution is 0.0931. The van der Waals surface area contributed by atoms with Crippen LogP contribution in [-0.4, -0.2) is 30.5 Å². The van der Waals surface area contributed by atoms with Crippen LogP contribution in [0.2, 0.25) is 5.02 Å². The SMILES string of the molecule is CCn1cc(Cl)c(C(=O)N[C@@H](C)c2ncnn2CC)n1. The molecule has 1 amide bonds. The summed E-state index contributed by atoms with van der Waals surface area (Å²) in [5.41, 5.74) is 0.225. The summed E-state index contributed by atoms with van der Waals surface area (Å²) in [4.78, 5) is 16.3. The van der Waals surface area contributed by atoms with E-state index in [1.807, 2.05) is 20.8 Å². The zero-order chi connectivity index (χ0) is 14.7. The summed E-state index contributed by atoms with van der Waals surface area (Å²) < 4.78 is 3.35. The Hall–Kier alpha value is -1.89. The molecule has 2 aromatic rings. The van der Waals surface area contributed by atoms with E-state index in [4.69, 9.17) is 11.6 Å². The van der Waals surface area contributed by atoms with Gasteiger partial charge in [-0.3, -0.25) is 9.48 Å². The molecule has 1 N–H and O–H groups in total. The van der Waals surface area contributed by atoms with Crippen molar-refractivity contribution in [1.82, 2.24) is 29.9 Å². The summed E-state index contributed by atoms with van der Waals surface area (Å²) in [6, 6.07) is -0.271. The van der Waals surface area contributed by atoms with E-state index < -0.39 is 0 Å². The Labute approximate surface area is 121 Å². The molecule has 0 saturated carbocycles. The third-order valence-corrected chi connectivity index (χ3v) is 3.21. The molecule has 0 aromatic carbocycles. The summed E-state index contributed by atoms with van der Waals surface area (Å²) >= 11 is 6.01. The van der Waals surface area contributed by atoms with Gasteiger partial charge in [0.1, 0.15) is 12.2 Å². The standard InChI is InChI=1S/C12H17ClN6O/c1-4-18-6-9(13)10(17-18)12(20)16-8(3)11-14-7-15-19(11)5-2/h6-8H,4-5H2,1-3H3,(H,16,20)/t8-/m0/s1. The molecule has 1 atom stereocenters. The van der Waals surface area contributed by atoms with E-state index in [0.29, 0.717) is 23.9 Å². The Morgan fingerprint density at radius 3 is 2.80 bits per heavy atom. The number of hydrogen-bond acceptors (Lipinski definition) is 4. The van der Waals surface area contributed by atoms with E-state index in [1.165, 1.54) is 6.33 Å². The second kappa shape index (κ2) is 6.04. The van der Waals surface area contributed by atoms with E-state index in [-0.39, 0.29) is 17.6 Å². The van der Waals surface area contributed by atoms with Crippen LogP contribution in [0, 0.1) is 0 Å². The molecule has 8 heteroatoms. The summed E-state index contributed by atoms with van der Waals surface area (Å²) in [5.74, 6) is 0.382. The van der Waals surface area contributed by atoms with Gasteiger partial charge in [-0.15, -0.1) is 0 Å². The number of rotatable bonds is 5. The van der Waals surface area contributed by atoms with Crippen LogP contribution in [0.5, 0.6) is 0 Å². The van der Waals surface area contributed by atoms with Crippen molar-refractivity contribution in [2.45, 2.75) is 39.9 Å². The van der Waals surface area contributed by atoms with Crippen LogP contribution >= 0.6 is 11.6 Å². The number of aryl methyl sites for hydroxylation is 2. The zero-order valence-corrected chi connectivity index (χ0v) is 12.4. The molecule has 108 valence electrons. The van der Waals surface area contributed by atoms with Crippen LogP contribution in [0.3, 0.4) is 0 Å². The second-order valence-electron chi connectivity index (χ2n) is 4.31. The fourth-order valence-electron chi connectivity index (χ4n) is 1.89. The molecule has 2 aromatic heterocycles. The molecular formula is C12H17ClN6O. The molecule has 0 spiro atoms. The van der Waals surface area contributed by atoms with Crippen molar-refractivity contribution in [3.63, 3.8) is 0 Å². The van der Waals surface area contributed by atoms with Gasteiger partial charge >= 0.3 is 0 Å². The predicted molar refractivity (Wildman–Crippen MR) is 74.5 cm³/mol. The first-order chi connectivity index (χ1) is 9.56. The zero-order valence-electron chi connectivity index (χ0n) is 11.7. The summed E-state index contributed by atoms with van der Waals surface area (Å²) in [6.07, 6.45) is 3.11. The van der Waals surface area contributed by atoms with Crippen molar-refractivity contribution < 1.29 is 4.79 Å². The van der Waals surface area contributed by atoms with Gasteiger partial charge in [0.25, 0.3) is 5.91 Å². The van der Waals surface area contributed by atoms with Crippen LogP contribution in [0.1, 0.15) is 43.1 Å². The van der Waals surface area contributed by atoms with Crippen LogP contribution in [0.25, 0.3) is 0 Å². The van der Waals surface area contributed by atoms with E-state index >= 15 is 0 Å². The Morgan fingerprint density at radius 1 is 1.45 bits per heavy atom. The monoisotopic (exact) mass is 296 g/mol. The van der Waals surface area contributed by atoms with Crippen molar-refractivity contribution in [3.8, 4) is 0 Å². The van der Waals surface area contributed by atoms with Gasteiger partial charge in [-0.1, -0.05) is 11.6 Å². The molecule has 0 aliphatic rings. The summed E-state index contributed by atoms with van der Waals surface area (Å²) in [7, 11) is 0. The van der Waals surface area contributed by atoms with Gasteiger partial charge in [-0.25, -0.2) is 9.67 Å². The molecule has 0 aliphatic carbocycles. The largest absolute Gasteiger partial charge is 0.341 e. The third kappa shape index (κ3) is 2.82. The highest BCUT2D eigenvalue weighted by atomic mass is 35.5. The lowest BCUT2D eigenvalue weighted by Gasteiger charge is -2.13. The van der Waals surface area contributed by atoms with Gasteiger partial charge in [0.15, 0.2) is 5.69 Å². The number of aromatic nitrogens is 5. The molecule has 0 radical (unpaired) electrons. The maximum Gasteiger partial charge on any atom is 0.273 e. The lowest BCUT2D eigenvalue weighted by Crippen LogP contribution is -2.29. The van der Waals surface area contributed by atoms with Crippen LogP contribution in [0.15, 0.2) is 12.5 Å². The maximum atomic E-state index is 12.2. The number of nitrogens with one attached hydrogen (secondary N) is 1. The number of hydrogen-bond donors (Lipinski definition) is 1. The molecule has 0 aliphatic heterocycles. The molecule has 0 saturated heterocycles. The fraction of sp³-hybridized carbons (Fsp3) is 0.500. The molecule has 2 rings (SSSR count). The van der Waals surface area contributed by atoms with E-state index in [1.54, 1.807) is 15.6 Å². The minimum Gasteiger partial charge on any atom is -0.341 e. The van der Waals surface area contributed by atoms with Crippen LogP contribution < -0.4 is 5.32 Å². The molecule has 7 nitrogen and oxygen atoms in total. The Balaban J connectivity index is 2.13. The first kappa shape index (κ1) is 14.5. The molecule has 2 heterocycles. The molecular weight excluding hydrogens is 280 g/mol. The normalized spacial score (nSPS) is 12.4. The van der Waals surface area contributed by atoms with Gasteiger partial charge in [0.2, 0.25) is 0 Å². The van der Waals surface area contributed by atoms with Crippen molar-refractivity contribution >= 4 is 17.5 Å². The smallest absolute Gasteiger partial charge is 0.273 e. The molecule has 0 bridgehead atoms. The Bertz CT molecular complexity index is 605. The third-order valence-electron chi connectivity index (χ3n) is 2.94. The molecule has 0 fully saturated rings. The van der Waals surface area contributed by atoms with Crippen LogP contribution in [0.4, 0.5) is 0 Å². The second-order valence-corrected chi connectivity index (χ2v) is 4.72. The molecule has 20 heavy (non-hydrogen) atoms. The minimum atomic E-state index is -0.319. The summed E-state index contributed by atoms with van der Waals surface area (Å²) in [6.45, 7) is 7.09. The predicted octanol–water partition coefficient (Wildman–Crippen LogP) is 1.66. The topological polar surface area (TPSA) is 77.6 Å². The Kier molecular flexibility index (Phi) is 4.39. The highest BCUT2D eigenvalue weighted by molar-refractivity contribution is 6.33. The van der Waals surface area contributed by atoms with E-state index in [0.717, 1.165) is 0 Å². The number of carbonyl (C=O) groups is 1. The number of nitrogens with zero attached hydrogens (tertiary/aromatic N) is 5. The lowest BCUT2D eigenvalue weighted by atomic mass is 10.3. The van der Waals surface area contributed by atoms with Crippen molar-refractivity contribution in [2.75, 3.05) is 0 Å². The van der Waals surface area contributed by atoms with Crippen molar-refractivity contribution in [2.24, 2.45) is 0 Å². The van der Waals surface area contributed by atoms with Gasteiger partial charge in [0, 0.05) is 19.3 Å². The maximum absolute atomic E-state index is 12.2. The highest BCUT2D eigenvalue weighted by Gasteiger charge is 2.20. The van der Waals surface area contributed by atoms with Crippen molar-refractivity contribution in [3.05, 3.63) is 29.1 Å². The van der Waals surface area contributed by atoms with Gasteiger partial charge in [-0.05, 0) is 20.8 Å². The number of halogens is 1. The minimum absolute atomic E-state index is 0.225. The molecule has 0 unspecified atom stereocenters. The van der Waals surface area contributed by atoms with Gasteiger partial charge in [0.05, 0.1) is 11.1 Å². The number of amides is 1. The number of carbonyl (C=O) groups excluding carboxylic acids is 1. The average Bonchev–Trinajstić information content (AvgIpc) is 3.04. The average molecular weight is 297 g/mol. The van der Waals surface area contributed by atoms with E-state index in [9.17, 15) is 4.79 Å². The van der Waals surface area contributed by atoms with Gasteiger partial charge in [-0.2, -0.15) is 10.2 Å². The quantitative estimate of drug-likeness (QED) is 0.910. The summed E-state index contributed by atoms with van der Waals surface area (Å²) in [5, 5.41) is 11.4. The fourth-order valence-corrected chi connectivity index (χ4v) is 2.13. The van der Waals surface area contributed by atoms with Crippen LogP contribution in [-0.2, 0) is 13.1 Å². The van der Waals surface area contributed by atoms with Crippen molar-refractivity contribution in [1.29, 1.82) is 0 Å².